The van der Waals surface area contributed by atoms with Crippen molar-refractivity contribution in [1.29, 1.82) is 0 Å². The molecule has 0 spiro atoms. The first-order chi connectivity index (χ1) is 12.7. The Kier molecular flexibility index (Phi) is 8.62. The summed E-state index contributed by atoms with van der Waals surface area (Å²) < 4.78 is 0. The number of nitrogens with two attached hydrogens (primary N) is 1. The molecule has 7 N–H and O–H groups in total. The third-order valence-corrected chi connectivity index (χ3v) is 4.05. The molecule has 1 aliphatic rings. The van der Waals surface area contributed by atoms with Crippen molar-refractivity contribution in [2.45, 2.75) is 43.8 Å². The van der Waals surface area contributed by atoms with Crippen LogP contribution in [0.1, 0.15) is 25.7 Å². The van der Waals surface area contributed by atoms with Crippen LogP contribution >= 0.6 is 0 Å². The molecule has 3 unspecified atom stereocenters. The molecule has 1 aliphatic heterocycles. The van der Waals surface area contributed by atoms with E-state index in [-0.39, 0.29) is 13.0 Å². The van der Waals surface area contributed by atoms with Crippen molar-refractivity contribution in [3.63, 3.8) is 0 Å². The number of carbonyl (C=O) groups excluding carboxylic acids is 3. The number of hydrogen-bond acceptors (Lipinski definition) is 7. The Morgan fingerprint density at radius 3 is 2.37 bits per heavy atom. The summed E-state index contributed by atoms with van der Waals surface area (Å²) >= 11 is 0. The van der Waals surface area contributed by atoms with Gasteiger partial charge in [0.15, 0.2) is 0 Å². The van der Waals surface area contributed by atoms with Gasteiger partial charge in [0.2, 0.25) is 17.7 Å². The predicted octanol–water partition coefficient (Wildman–Crippen LogP) is -3.15. The highest BCUT2D eigenvalue weighted by molar-refractivity contribution is 5.94. The zero-order chi connectivity index (χ0) is 20.6. The lowest BCUT2D eigenvalue weighted by atomic mass is 10.1. The van der Waals surface area contributed by atoms with Crippen molar-refractivity contribution in [2.75, 3.05) is 19.7 Å². The van der Waals surface area contributed by atoms with Crippen molar-refractivity contribution in [3.8, 4) is 0 Å². The minimum absolute atomic E-state index is 0.204. The zero-order valence-corrected chi connectivity index (χ0v) is 14.6. The molecule has 0 bridgehead atoms. The van der Waals surface area contributed by atoms with Crippen LogP contribution in [0.3, 0.4) is 0 Å². The summed E-state index contributed by atoms with van der Waals surface area (Å²) in [5.74, 6) is -4.54. The summed E-state index contributed by atoms with van der Waals surface area (Å²) in [5, 5.41) is 30.9. The van der Waals surface area contributed by atoms with Crippen molar-refractivity contribution in [3.05, 3.63) is 0 Å². The van der Waals surface area contributed by atoms with E-state index in [2.05, 4.69) is 10.6 Å². The van der Waals surface area contributed by atoms with Gasteiger partial charge in [-0.1, -0.05) is 0 Å². The smallest absolute Gasteiger partial charge is 0.322 e. The number of carboxylic acid groups (broad SMARTS) is 2. The molecule has 0 aromatic heterocycles. The van der Waals surface area contributed by atoms with Gasteiger partial charge in [0.05, 0.1) is 6.61 Å². The van der Waals surface area contributed by atoms with Gasteiger partial charge in [-0.05, 0) is 19.3 Å². The summed E-state index contributed by atoms with van der Waals surface area (Å²) in [6.45, 7) is -1.05. The highest BCUT2D eigenvalue weighted by Gasteiger charge is 2.38. The van der Waals surface area contributed by atoms with E-state index in [0.29, 0.717) is 12.8 Å². The first-order valence-electron chi connectivity index (χ1n) is 8.36. The van der Waals surface area contributed by atoms with Crippen LogP contribution in [0.5, 0.6) is 0 Å². The molecule has 1 rings (SSSR count). The summed E-state index contributed by atoms with van der Waals surface area (Å²) in [5.41, 5.74) is 5.39. The Morgan fingerprint density at radius 2 is 1.81 bits per heavy atom. The van der Waals surface area contributed by atoms with Crippen LogP contribution in [-0.2, 0) is 24.0 Å². The molecule has 3 amide bonds. The molecule has 1 fully saturated rings. The van der Waals surface area contributed by atoms with Crippen molar-refractivity contribution in [2.24, 2.45) is 5.73 Å². The van der Waals surface area contributed by atoms with Gasteiger partial charge in [-0.15, -0.1) is 0 Å². The van der Waals surface area contributed by atoms with Gasteiger partial charge in [-0.25, -0.2) is 0 Å². The minimum atomic E-state index is -1.28. The van der Waals surface area contributed by atoms with E-state index < -0.39 is 67.4 Å². The lowest BCUT2D eigenvalue weighted by Gasteiger charge is -2.29. The molecule has 1 saturated heterocycles. The number of aliphatic hydroxyl groups excluding tert-OH is 1. The van der Waals surface area contributed by atoms with Gasteiger partial charge in [0, 0.05) is 13.0 Å². The van der Waals surface area contributed by atoms with E-state index in [0.717, 1.165) is 0 Å². The molecule has 0 aromatic rings. The molecule has 0 aliphatic carbocycles. The van der Waals surface area contributed by atoms with Gasteiger partial charge >= 0.3 is 11.9 Å². The summed E-state index contributed by atoms with van der Waals surface area (Å²) in [6, 6.07) is -3.43. The molecule has 0 saturated carbocycles. The maximum absolute atomic E-state index is 12.8. The third-order valence-electron chi connectivity index (χ3n) is 4.05. The highest BCUT2D eigenvalue weighted by atomic mass is 16.4. The second-order valence-corrected chi connectivity index (χ2v) is 6.08. The topological polar surface area (TPSA) is 199 Å². The van der Waals surface area contributed by atoms with Crippen molar-refractivity contribution >= 4 is 29.7 Å². The Bertz CT molecular complexity index is 596. The van der Waals surface area contributed by atoms with Gasteiger partial charge in [0.25, 0.3) is 0 Å². The van der Waals surface area contributed by atoms with E-state index in [1.807, 2.05) is 0 Å². The maximum Gasteiger partial charge on any atom is 0.322 e. The van der Waals surface area contributed by atoms with E-state index in [9.17, 15) is 24.0 Å². The number of carboxylic acids is 2. The van der Waals surface area contributed by atoms with Gasteiger partial charge in [0.1, 0.15) is 24.7 Å². The van der Waals surface area contributed by atoms with Crippen LogP contribution in [0.15, 0.2) is 0 Å². The van der Waals surface area contributed by atoms with E-state index in [1.54, 1.807) is 0 Å². The third kappa shape index (κ3) is 6.83. The van der Waals surface area contributed by atoms with E-state index in [4.69, 9.17) is 21.1 Å². The molecule has 0 radical (unpaired) electrons. The van der Waals surface area contributed by atoms with Crippen LogP contribution in [0.25, 0.3) is 0 Å². The van der Waals surface area contributed by atoms with Crippen LogP contribution in [0.4, 0.5) is 0 Å². The van der Waals surface area contributed by atoms with Gasteiger partial charge < -0.3 is 36.6 Å². The molecule has 1 heterocycles. The highest BCUT2D eigenvalue weighted by Crippen LogP contribution is 2.19. The quantitative estimate of drug-likeness (QED) is 0.223. The molecule has 152 valence electrons. The predicted molar refractivity (Wildman–Crippen MR) is 89.2 cm³/mol. The van der Waals surface area contributed by atoms with Crippen molar-refractivity contribution in [1.82, 2.24) is 15.5 Å². The lowest BCUT2D eigenvalue weighted by molar-refractivity contribution is -0.143. The largest absolute Gasteiger partial charge is 0.481 e. The average Bonchev–Trinajstić information content (AvgIpc) is 3.11. The number of aliphatic carboxylic acids is 2. The van der Waals surface area contributed by atoms with Crippen LogP contribution in [0.2, 0.25) is 0 Å². The minimum Gasteiger partial charge on any atom is -0.481 e. The first kappa shape index (κ1) is 22.3. The standard InChI is InChI=1S/C15H24N4O8/c16-8(7-20)13(25)18-9(3-4-11(21)22)15(27)19-5-1-2-10(19)14(26)17-6-12(23)24/h8-10,20H,1-7,16H2,(H,17,26)(H,18,25)(H,21,22)(H,23,24). The fourth-order valence-electron chi connectivity index (χ4n) is 2.67. The molecular weight excluding hydrogens is 364 g/mol. The number of rotatable bonds is 10. The van der Waals surface area contributed by atoms with Crippen LogP contribution in [0, 0.1) is 0 Å². The fourth-order valence-corrected chi connectivity index (χ4v) is 2.67. The Hall–Kier alpha value is -2.73. The van der Waals surface area contributed by atoms with Gasteiger partial charge in [-0.3, -0.25) is 24.0 Å². The number of carbonyl (C=O) groups is 5. The monoisotopic (exact) mass is 388 g/mol. The SMILES string of the molecule is NC(CO)C(=O)NC(CCC(=O)O)C(=O)N1CCCC1C(=O)NCC(=O)O. The summed E-state index contributed by atoms with van der Waals surface area (Å²) in [7, 11) is 0. The Balaban J connectivity index is 2.87. The van der Waals surface area contributed by atoms with E-state index >= 15 is 0 Å². The van der Waals surface area contributed by atoms with Crippen LogP contribution in [-0.4, -0.2) is 87.7 Å². The first-order valence-corrected chi connectivity index (χ1v) is 8.36. The van der Waals surface area contributed by atoms with Gasteiger partial charge in [-0.2, -0.15) is 0 Å². The maximum atomic E-state index is 12.8. The number of aliphatic hydroxyl groups is 1. The fraction of sp³-hybridized carbons (Fsp3) is 0.667. The Labute approximate surface area is 154 Å². The second-order valence-electron chi connectivity index (χ2n) is 6.08. The number of amides is 3. The molecular formula is C15H24N4O8. The number of likely N-dealkylation sites (tertiary alicyclic amines) is 1. The average molecular weight is 388 g/mol. The number of hydrogen-bond donors (Lipinski definition) is 6. The van der Waals surface area contributed by atoms with Crippen molar-refractivity contribution < 1.29 is 39.3 Å². The summed E-state index contributed by atoms with van der Waals surface area (Å²) in [4.78, 5) is 59.4. The molecule has 12 nitrogen and oxygen atoms in total. The zero-order valence-electron chi connectivity index (χ0n) is 14.6. The normalized spacial score (nSPS) is 18.4. The molecule has 0 aromatic carbocycles. The van der Waals surface area contributed by atoms with E-state index in [1.165, 1.54) is 4.90 Å². The van der Waals surface area contributed by atoms with Crippen LogP contribution < -0.4 is 16.4 Å². The molecule has 12 heteroatoms. The molecule has 3 atom stereocenters. The number of nitrogens with zero attached hydrogens (tertiary/aromatic N) is 1. The second kappa shape index (κ2) is 10.4. The Morgan fingerprint density at radius 1 is 1.15 bits per heavy atom. The molecule has 27 heavy (non-hydrogen) atoms. The number of nitrogens with one attached hydrogen (secondary N) is 2. The summed E-state index contributed by atoms with van der Waals surface area (Å²) in [6.07, 6.45) is 0.173. The lowest BCUT2D eigenvalue weighted by Crippen LogP contribution is -2.56.